The molecular formula is C12H22N4O. The fourth-order valence-electron chi connectivity index (χ4n) is 2.32. The van der Waals surface area contributed by atoms with Gasteiger partial charge in [-0.2, -0.15) is 0 Å². The molecule has 0 spiro atoms. The van der Waals surface area contributed by atoms with E-state index in [2.05, 4.69) is 34.7 Å². The van der Waals surface area contributed by atoms with Gasteiger partial charge in [0.25, 0.3) is 0 Å². The largest absolute Gasteiger partial charge is 0.406 e. The number of hydrogen-bond acceptors (Lipinski definition) is 5. The van der Waals surface area contributed by atoms with Gasteiger partial charge in [-0.15, -0.1) is 5.10 Å². The van der Waals surface area contributed by atoms with Crippen molar-refractivity contribution in [2.75, 3.05) is 12.4 Å². The van der Waals surface area contributed by atoms with E-state index in [0.29, 0.717) is 23.9 Å². The van der Waals surface area contributed by atoms with Crippen molar-refractivity contribution in [2.45, 2.75) is 45.7 Å². The molecule has 4 unspecified atom stereocenters. The van der Waals surface area contributed by atoms with Gasteiger partial charge in [-0.1, -0.05) is 18.9 Å². The summed E-state index contributed by atoms with van der Waals surface area (Å²) in [4.78, 5) is 0. The van der Waals surface area contributed by atoms with Crippen LogP contribution in [0.4, 0.5) is 6.01 Å². The van der Waals surface area contributed by atoms with E-state index in [9.17, 15) is 0 Å². The summed E-state index contributed by atoms with van der Waals surface area (Å²) < 4.78 is 5.59. The maximum atomic E-state index is 5.59. The Morgan fingerprint density at radius 1 is 1.29 bits per heavy atom. The lowest BCUT2D eigenvalue weighted by Crippen LogP contribution is -2.24. The predicted octanol–water partition coefficient (Wildman–Crippen LogP) is 2.20. The molecular weight excluding hydrogens is 216 g/mol. The van der Waals surface area contributed by atoms with E-state index < -0.39 is 0 Å². The van der Waals surface area contributed by atoms with Gasteiger partial charge in [-0.3, -0.25) is 0 Å². The summed E-state index contributed by atoms with van der Waals surface area (Å²) in [5, 5.41) is 14.5. The van der Waals surface area contributed by atoms with Gasteiger partial charge in [0, 0.05) is 6.04 Å². The molecule has 0 bridgehead atoms. The normalized spacial score (nSPS) is 30.5. The van der Waals surface area contributed by atoms with Crippen LogP contribution in [0.15, 0.2) is 4.42 Å². The Morgan fingerprint density at radius 3 is 2.65 bits per heavy atom. The SMILES string of the molecule is CNC(C)c1nnc(NC2CCC(C)C2C)o1. The third kappa shape index (κ3) is 2.60. The molecule has 0 radical (unpaired) electrons. The molecule has 4 atom stereocenters. The number of anilines is 1. The molecule has 0 aromatic carbocycles. The van der Waals surface area contributed by atoms with Crippen molar-refractivity contribution in [3.05, 3.63) is 5.89 Å². The average molecular weight is 238 g/mol. The number of nitrogens with one attached hydrogen (secondary N) is 2. The van der Waals surface area contributed by atoms with Crippen LogP contribution >= 0.6 is 0 Å². The topological polar surface area (TPSA) is 63.0 Å². The fourth-order valence-corrected chi connectivity index (χ4v) is 2.32. The van der Waals surface area contributed by atoms with E-state index >= 15 is 0 Å². The quantitative estimate of drug-likeness (QED) is 0.842. The monoisotopic (exact) mass is 238 g/mol. The van der Waals surface area contributed by atoms with E-state index in [0.717, 1.165) is 5.92 Å². The molecule has 1 heterocycles. The summed E-state index contributed by atoms with van der Waals surface area (Å²) in [6.45, 7) is 6.58. The first-order valence-electron chi connectivity index (χ1n) is 6.39. The first kappa shape index (κ1) is 12.4. The van der Waals surface area contributed by atoms with Crippen molar-refractivity contribution < 1.29 is 4.42 Å². The molecule has 0 saturated heterocycles. The first-order valence-corrected chi connectivity index (χ1v) is 6.39. The number of rotatable bonds is 4. The van der Waals surface area contributed by atoms with E-state index in [4.69, 9.17) is 4.42 Å². The Hall–Kier alpha value is -1.10. The van der Waals surface area contributed by atoms with Crippen LogP contribution in [-0.4, -0.2) is 23.3 Å². The van der Waals surface area contributed by atoms with Crippen LogP contribution in [0.3, 0.4) is 0 Å². The molecule has 1 aliphatic carbocycles. The van der Waals surface area contributed by atoms with Crippen LogP contribution < -0.4 is 10.6 Å². The molecule has 1 aliphatic rings. The second kappa shape index (κ2) is 5.04. The Kier molecular flexibility index (Phi) is 3.66. The Bertz CT molecular complexity index is 365. The zero-order valence-corrected chi connectivity index (χ0v) is 11.0. The molecule has 1 aromatic rings. The Labute approximate surface area is 102 Å². The van der Waals surface area contributed by atoms with Crippen LogP contribution in [0.5, 0.6) is 0 Å². The van der Waals surface area contributed by atoms with Crippen LogP contribution in [0.1, 0.15) is 45.5 Å². The minimum Gasteiger partial charge on any atom is -0.406 e. The van der Waals surface area contributed by atoms with Gasteiger partial charge < -0.3 is 15.1 Å². The second-order valence-corrected chi connectivity index (χ2v) is 5.12. The van der Waals surface area contributed by atoms with Crippen LogP contribution in [0.2, 0.25) is 0 Å². The zero-order valence-electron chi connectivity index (χ0n) is 11.0. The third-order valence-electron chi connectivity index (χ3n) is 4.02. The molecule has 2 rings (SSSR count). The number of aromatic nitrogens is 2. The number of nitrogens with zero attached hydrogens (tertiary/aromatic N) is 2. The van der Waals surface area contributed by atoms with Crippen molar-refractivity contribution in [1.82, 2.24) is 15.5 Å². The van der Waals surface area contributed by atoms with Crippen LogP contribution in [0.25, 0.3) is 0 Å². The van der Waals surface area contributed by atoms with E-state index in [-0.39, 0.29) is 6.04 Å². The Morgan fingerprint density at radius 2 is 2.06 bits per heavy atom. The van der Waals surface area contributed by atoms with Gasteiger partial charge in [-0.25, -0.2) is 0 Å². The van der Waals surface area contributed by atoms with Gasteiger partial charge in [0.1, 0.15) is 0 Å². The highest BCUT2D eigenvalue weighted by Crippen LogP contribution is 2.33. The maximum Gasteiger partial charge on any atom is 0.315 e. The summed E-state index contributed by atoms with van der Waals surface area (Å²) in [5.74, 6) is 2.06. The lowest BCUT2D eigenvalue weighted by Gasteiger charge is -2.17. The predicted molar refractivity (Wildman–Crippen MR) is 66.7 cm³/mol. The molecule has 1 fully saturated rings. The summed E-state index contributed by atoms with van der Waals surface area (Å²) in [6.07, 6.45) is 2.45. The lowest BCUT2D eigenvalue weighted by molar-refractivity contribution is 0.414. The van der Waals surface area contributed by atoms with Crippen molar-refractivity contribution in [3.8, 4) is 0 Å². The van der Waals surface area contributed by atoms with Crippen molar-refractivity contribution in [3.63, 3.8) is 0 Å². The lowest BCUT2D eigenvalue weighted by atomic mass is 9.98. The minimum absolute atomic E-state index is 0.0953. The zero-order chi connectivity index (χ0) is 12.4. The highest BCUT2D eigenvalue weighted by atomic mass is 16.4. The fraction of sp³-hybridized carbons (Fsp3) is 0.833. The summed E-state index contributed by atoms with van der Waals surface area (Å²) in [5.41, 5.74) is 0. The molecule has 1 saturated carbocycles. The number of hydrogen-bond donors (Lipinski definition) is 2. The van der Waals surface area contributed by atoms with Gasteiger partial charge in [0.05, 0.1) is 6.04 Å². The molecule has 2 N–H and O–H groups in total. The maximum absolute atomic E-state index is 5.59. The van der Waals surface area contributed by atoms with Crippen molar-refractivity contribution in [2.24, 2.45) is 11.8 Å². The molecule has 0 aliphatic heterocycles. The summed E-state index contributed by atoms with van der Waals surface area (Å²) in [7, 11) is 1.88. The summed E-state index contributed by atoms with van der Waals surface area (Å²) >= 11 is 0. The molecule has 0 amide bonds. The molecule has 5 heteroatoms. The van der Waals surface area contributed by atoms with Crippen molar-refractivity contribution >= 4 is 6.01 Å². The molecule has 5 nitrogen and oxygen atoms in total. The summed E-state index contributed by atoms with van der Waals surface area (Å²) in [6, 6.07) is 1.11. The average Bonchev–Trinajstić information content (AvgIpc) is 2.91. The third-order valence-corrected chi connectivity index (χ3v) is 4.02. The second-order valence-electron chi connectivity index (χ2n) is 5.12. The first-order chi connectivity index (χ1) is 8.11. The highest BCUT2D eigenvalue weighted by Gasteiger charge is 2.30. The van der Waals surface area contributed by atoms with Gasteiger partial charge >= 0.3 is 6.01 Å². The highest BCUT2D eigenvalue weighted by molar-refractivity contribution is 5.21. The molecule has 96 valence electrons. The van der Waals surface area contributed by atoms with E-state index in [1.54, 1.807) is 0 Å². The van der Waals surface area contributed by atoms with Gasteiger partial charge in [-0.05, 0) is 38.6 Å². The molecule has 17 heavy (non-hydrogen) atoms. The van der Waals surface area contributed by atoms with Crippen LogP contribution in [0, 0.1) is 11.8 Å². The molecule has 1 aromatic heterocycles. The van der Waals surface area contributed by atoms with E-state index in [1.807, 2.05) is 14.0 Å². The van der Waals surface area contributed by atoms with E-state index in [1.165, 1.54) is 12.8 Å². The Balaban J connectivity index is 1.97. The smallest absolute Gasteiger partial charge is 0.315 e. The standard InChI is InChI=1S/C12H22N4O/c1-7-5-6-10(8(7)2)14-12-16-15-11(17-12)9(3)13-4/h7-10,13H,5-6H2,1-4H3,(H,14,16). The van der Waals surface area contributed by atoms with Gasteiger partial charge in [0.2, 0.25) is 5.89 Å². The van der Waals surface area contributed by atoms with Gasteiger partial charge in [0.15, 0.2) is 0 Å². The minimum atomic E-state index is 0.0953. The van der Waals surface area contributed by atoms with Crippen LogP contribution in [-0.2, 0) is 0 Å². The van der Waals surface area contributed by atoms with Crippen molar-refractivity contribution in [1.29, 1.82) is 0 Å².